The molecule has 1 aromatic heterocycles. The first-order valence-electron chi connectivity index (χ1n) is 9.01. The molecule has 29 heavy (non-hydrogen) atoms. The first-order valence-corrected chi connectivity index (χ1v) is 9.80. The molecule has 6 heteroatoms. The number of aryl methyl sites for hydroxylation is 1. The van der Waals surface area contributed by atoms with Gasteiger partial charge in [0, 0.05) is 16.2 Å². The maximum Gasteiger partial charge on any atom is 0.300 e. The van der Waals surface area contributed by atoms with Gasteiger partial charge in [0.25, 0.3) is 11.7 Å². The largest absolute Gasteiger partial charge is 0.507 e. The molecule has 1 aliphatic rings. The number of nitrogens with zero attached hydrogens (tertiary/aromatic N) is 2. The van der Waals surface area contributed by atoms with E-state index in [1.54, 1.807) is 30.5 Å². The molecule has 0 spiro atoms. The van der Waals surface area contributed by atoms with Crippen LogP contribution in [0.25, 0.3) is 5.76 Å². The molecule has 1 aliphatic heterocycles. The lowest BCUT2D eigenvalue weighted by Crippen LogP contribution is -2.29. The maximum atomic E-state index is 13.0. The van der Waals surface area contributed by atoms with E-state index in [1.807, 2.05) is 43.3 Å². The second kappa shape index (κ2) is 7.64. The Labute approximate surface area is 176 Å². The number of pyridine rings is 1. The van der Waals surface area contributed by atoms with Crippen molar-refractivity contribution in [3.05, 3.63) is 99.8 Å². The van der Waals surface area contributed by atoms with Crippen LogP contribution in [0.1, 0.15) is 22.7 Å². The van der Waals surface area contributed by atoms with Crippen molar-refractivity contribution in [3.63, 3.8) is 0 Å². The summed E-state index contributed by atoms with van der Waals surface area (Å²) in [5.41, 5.74) is 2.78. The van der Waals surface area contributed by atoms with Gasteiger partial charge in [-0.05, 0) is 36.8 Å². The van der Waals surface area contributed by atoms with Crippen LogP contribution in [0, 0.1) is 6.92 Å². The van der Waals surface area contributed by atoms with E-state index in [-0.39, 0.29) is 11.3 Å². The van der Waals surface area contributed by atoms with Crippen LogP contribution in [0.3, 0.4) is 0 Å². The van der Waals surface area contributed by atoms with E-state index >= 15 is 0 Å². The molecule has 0 radical (unpaired) electrons. The predicted molar refractivity (Wildman–Crippen MR) is 114 cm³/mol. The van der Waals surface area contributed by atoms with E-state index in [9.17, 15) is 14.7 Å². The number of carbonyl (C=O) groups is 2. The van der Waals surface area contributed by atoms with E-state index < -0.39 is 17.7 Å². The van der Waals surface area contributed by atoms with Gasteiger partial charge in [-0.1, -0.05) is 57.9 Å². The molecule has 3 aromatic rings. The number of rotatable bonds is 3. The van der Waals surface area contributed by atoms with Gasteiger partial charge in [0.05, 0.1) is 23.5 Å². The highest BCUT2D eigenvalue weighted by molar-refractivity contribution is 9.10. The van der Waals surface area contributed by atoms with Gasteiger partial charge in [-0.25, -0.2) is 0 Å². The summed E-state index contributed by atoms with van der Waals surface area (Å²) in [5, 5.41) is 11.0. The smallest absolute Gasteiger partial charge is 0.300 e. The number of aliphatic hydroxyl groups is 1. The van der Waals surface area contributed by atoms with Crippen molar-refractivity contribution in [2.75, 3.05) is 4.90 Å². The molecule has 2 aromatic carbocycles. The van der Waals surface area contributed by atoms with Crippen LogP contribution in [-0.2, 0) is 9.59 Å². The van der Waals surface area contributed by atoms with E-state index in [1.165, 1.54) is 11.1 Å². The van der Waals surface area contributed by atoms with Crippen LogP contribution in [0.4, 0.5) is 5.69 Å². The lowest BCUT2D eigenvalue weighted by Gasteiger charge is -2.25. The van der Waals surface area contributed by atoms with Crippen LogP contribution < -0.4 is 4.90 Å². The molecule has 1 atom stereocenters. The van der Waals surface area contributed by atoms with Gasteiger partial charge in [-0.15, -0.1) is 0 Å². The van der Waals surface area contributed by atoms with Gasteiger partial charge in [-0.2, -0.15) is 0 Å². The fourth-order valence-electron chi connectivity index (χ4n) is 3.42. The molecule has 1 saturated heterocycles. The van der Waals surface area contributed by atoms with Crippen molar-refractivity contribution < 1.29 is 14.7 Å². The third kappa shape index (κ3) is 3.47. The molecular weight excluding hydrogens is 432 g/mol. The molecule has 4 rings (SSSR count). The van der Waals surface area contributed by atoms with Crippen LogP contribution >= 0.6 is 15.9 Å². The lowest BCUT2D eigenvalue weighted by molar-refractivity contribution is -0.132. The Balaban J connectivity index is 1.94. The summed E-state index contributed by atoms with van der Waals surface area (Å²) in [6, 6.07) is 17.2. The SMILES string of the molecule is Cc1ccc(C(O)=C2C(=O)C(=O)N(c3cccnc3)[C@@H]2c2ccc(Br)cc2)cc1. The number of ketones is 1. The third-order valence-electron chi connectivity index (χ3n) is 4.88. The number of hydrogen-bond acceptors (Lipinski definition) is 4. The maximum absolute atomic E-state index is 13.0. The van der Waals surface area contributed by atoms with Crippen molar-refractivity contribution in [2.24, 2.45) is 0 Å². The first-order chi connectivity index (χ1) is 14.0. The van der Waals surface area contributed by atoms with Crippen molar-refractivity contribution >= 4 is 39.1 Å². The number of hydrogen-bond donors (Lipinski definition) is 1. The zero-order valence-electron chi connectivity index (χ0n) is 15.5. The molecule has 2 heterocycles. The number of aromatic nitrogens is 1. The highest BCUT2D eigenvalue weighted by Crippen LogP contribution is 2.42. The molecule has 0 aliphatic carbocycles. The topological polar surface area (TPSA) is 70.5 Å². The molecule has 1 N–H and O–H groups in total. The second-order valence-electron chi connectivity index (χ2n) is 6.80. The molecule has 1 fully saturated rings. The molecule has 1 amide bonds. The number of carbonyl (C=O) groups excluding carboxylic acids is 2. The fraction of sp³-hybridized carbons (Fsp3) is 0.0870. The number of aliphatic hydroxyl groups excluding tert-OH is 1. The summed E-state index contributed by atoms with van der Waals surface area (Å²) in [5.74, 6) is -1.61. The minimum atomic E-state index is -0.756. The van der Waals surface area contributed by atoms with Crippen molar-refractivity contribution in [3.8, 4) is 0 Å². The standard InChI is InChI=1S/C23H17BrN2O3/c1-14-4-6-16(7-5-14)21(27)19-20(15-8-10-17(24)11-9-15)26(23(29)22(19)28)18-3-2-12-25-13-18/h2-13,20,27H,1H3/t20-/m1/s1. The Morgan fingerprint density at radius 1 is 1.03 bits per heavy atom. The summed E-state index contributed by atoms with van der Waals surface area (Å²) in [4.78, 5) is 31.4. The van der Waals surface area contributed by atoms with Crippen LogP contribution in [0.2, 0.25) is 0 Å². The monoisotopic (exact) mass is 448 g/mol. The summed E-state index contributed by atoms with van der Waals surface area (Å²) in [7, 11) is 0. The zero-order chi connectivity index (χ0) is 20.5. The van der Waals surface area contributed by atoms with Crippen molar-refractivity contribution in [1.82, 2.24) is 4.98 Å². The summed E-state index contributed by atoms with van der Waals surface area (Å²) >= 11 is 3.41. The third-order valence-corrected chi connectivity index (χ3v) is 5.41. The van der Waals surface area contributed by atoms with E-state index in [0.717, 1.165) is 10.0 Å². The molecule has 0 bridgehead atoms. The molecule has 5 nitrogen and oxygen atoms in total. The number of Topliss-reactive ketones (excluding diaryl/α,β-unsaturated/α-hetero) is 1. The number of amides is 1. The quantitative estimate of drug-likeness (QED) is 0.355. The summed E-state index contributed by atoms with van der Waals surface area (Å²) in [6.45, 7) is 1.94. The molecule has 0 saturated carbocycles. The van der Waals surface area contributed by atoms with Gasteiger partial charge in [0.1, 0.15) is 5.76 Å². The minimum absolute atomic E-state index is 0.0602. The highest BCUT2D eigenvalue weighted by atomic mass is 79.9. The zero-order valence-corrected chi connectivity index (χ0v) is 17.1. The van der Waals surface area contributed by atoms with Crippen molar-refractivity contribution in [2.45, 2.75) is 13.0 Å². The first kappa shape index (κ1) is 19.1. The van der Waals surface area contributed by atoms with E-state index in [0.29, 0.717) is 16.8 Å². The number of benzene rings is 2. The van der Waals surface area contributed by atoms with Gasteiger partial charge in [0.15, 0.2) is 0 Å². The summed E-state index contributed by atoms with van der Waals surface area (Å²) in [6.07, 6.45) is 3.13. The Hall–Kier alpha value is -3.25. The fourth-order valence-corrected chi connectivity index (χ4v) is 3.69. The minimum Gasteiger partial charge on any atom is -0.507 e. The van der Waals surface area contributed by atoms with Crippen LogP contribution in [0.5, 0.6) is 0 Å². The molecule has 0 unspecified atom stereocenters. The Kier molecular flexibility index (Phi) is 5.03. The molecule has 144 valence electrons. The Morgan fingerprint density at radius 3 is 2.34 bits per heavy atom. The van der Waals surface area contributed by atoms with Crippen LogP contribution in [-0.4, -0.2) is 21.8 Å². The second-order valence-corrected chi connectivity index (χ2v) is 7.71. The van der Waals surface area contributed by atoms with Crippen molar-refractivity contribution in [1.29, 1.82) is 0 Å². The average molecular weight is 449 g/mol. The van der Waals surface area contributed by atoms with Gasteiger partial charge >= 0.3 is 0 Å². The van der Waals surface area contributed by atoms with E-state index in [4.69, 9.17) is 0 Å². The Bertz CT molecular complexity index is 1110. The number of halogens is 1. The van der Waals surface area contributed by atoms with Gasteiger partial charge in [0.2, 0.25) is 0 Å². The average Bonchev–Trinajstić information content (AvgIpc) is 3.00. The normalized spacial score (nSPS) is 18.3. The van der Waals surface area contributed by atoms with Crippen LogP contribution in [0.15, 0.2) is 83.1 Å². The predicted octanol–water partition coefficient (Wildman–Crippen LogP) is 4.78. The van der Waals surface area contributed by atoms with E-state index in [2.05, 4.69) is 20.9 Å². The van der Waals surface area contributed by atoms with Gasteiger partial charge < -0.3 is 5.11 Å². The number of anilines is 1. The highest BCUT2D eigenvalue weighted by Gasteiger charge is 2.47. The summed E-state index contributed by atoms with van der Waals surface area (Å²) < 4.78 is 0.873. The van der Waals surface area contributed by atoms with Gasteiger partial charge in [-0.3, -0.25) is 19.5 Å². The Morgan fingerprint density at radius 2 is 1.72 bits per heavy atom. The molecular formula is C23H17BrN2O3. The lowest BCUT2D eigenvalue weighted by atomic mass is 9.95.